The van der Waals surface area contributed by atoms with Crippen LogP contribution in [0.5, 0.6) is 11.5 Å². The fourth-order valence-corrected chi connectivity index (χ4v) is 11.0. The van der Waals surface area contributed by atoms with E-state index in [1.165, 1.54) is 10.8 Å². The predicted molar refractivity (Wildman–Crippen MR) is 271 cm³/mol. The van der Waals surface area contributed by atoms with Crippen molar-refractivity contribution in [1.29, 1.82) is 0 Å². The van der Waals surface area contributed by atoms with Crippen molar-refractivity contribution in [2.45, 2.75) is 5.41 Å². The van der Waals surface area contributed by atoms with Gasteiger partial charge in [-0.1, -0.05) is 162 Å². The van der Waals surface area contributed by atoms with Crippen LogP contribution < -0.4 is 9.64 Å². The second-order valence-corrected chi connectivity index (χ2v) is 17.1. The first-order chi connectivity index (χ1) is 33.3. The van der Waals surface area contributed by atoms with Crippen LogP contribution in [0.3, 0.4) is 0 Å². The van der Waals surface area contributed by atoms with E-state index in [-0.39, 0.29) is 20.4 Å². The Balaban J connectivity index is 0.00000457. The van der Waals surface area contributed by atoms with Gasteiger partial charge in [0.2, 0.25) is 0 Å². The summed E-state index contributed by atoms with van der Waals surface area (Å²) < 4.78 is 11.6. The van der Waals surface area contributed by atoms with Gasteiger partial charge in [0, 0.05) is 50.8 Å². The van der Waals surface area contributed by atoms with Crippen molar-refractivity contribution in [2.24, 2.45) is 0 Å². The second kappa shape index (κ2) is 15.6. The minimum absolute atomic E-state index is 0. The zero-order valence-electron chi connectivity index (χ0n) is 36.3. The van der Waals surface area contributed by atoms with Gasteiger partial charge in [-0.15, -0.1) is 29.8 Å². The van der Waals surface area contributed by atoms with Crippen molar-refractivity contribution in [3.8, 4) is 17.2 Å². The molecule has 1 aliphatic heterocycles. The molecule has 9 aromatic carbocycles. The summed E-state index contributed by atoms with van der Waals surface area (Å²) in [5.41, 5.74) is 13.0. The van der Waals surface area contributed by atoms with Crippen LogP contribution in [0.1, 0.15) is 22.3 Å². The van der Waals surface area contributed by atoms with Crippen molar-refractivity contribution in [1.82, 2.24) is 18.9 Å². The molecule has 0 saturated carbocycles. The number of imidazole rings is 1. The Morgan fingerprint density at radius 3 is 1.91 bits per heavy atom. The first-order valence-electron chi connectivity index (χ1n) is 22.6. The summed E-state index contributed by atoms with van der Waals surface area (Å²) in [6.07, 6.45) is 1.84. The molecular formula is C61H37N5OPd. The standard InChI is InChI=1S/C61H37N5O.Pd/c1-4-18-40(19-5-1)61(41-20-6-2-7-21-41)49-25-11-14-28-53(49)65(57-30-16-17-37-62-57)56-39-44(32-35-50(56)61)67-43-31-33-45-46-34-36-55-58(47-24-10-13-27-52(47)64(55)42-22-8-3-9-23-42)59(46)66-54-29-15-12-26-51(54)63-60(66)48(45)38-43;/h1-37H;/q-2;+2. The molecule has 68 heavy (non-hydrogen) atoms. The monoisotopic (exact) mass is 961 g/mol. The second-order valence-electron chi connectivity index (χ2n) is 17.1. The maximum Gasteiger partial charge on any atom is 2.00 e. The number of pyridine rings is 2. The van der Waals surface area contributed by atoms with E-state index < -0.39 is 5.41 Å². The molecule has 0 saturated heterocycles. The third-order valence-corrected chi connectivity index (χ3v) is 13.6. The zero-order valence-corrected chi connectivity index (χ0v) is 37.9. The van der Waals surface area contributed by atoms with Crippen molar-refractivity contribution < 1.29 is 25.2 Å². The van der Waals surface area contributed by atoms with Gasteiger partial charge in [-0.25, -0.2) is 4.98 Å². The summed E-state index contributed by atoms with van der Waals surface area (Å²) in [6.45, 7) is 0. The van der Waals surface area contributed by atoms with Crippen LogP contribution in [0, 0.1) is 12.1 Å². The topological polar surface area (TPSA) is 47.6 Å². The molecule has 0 atom stereocenters. The normalized spacial score (nSPS) is 13.0. The number of anilines is 3. The van der Waals surface area contributed by atoms with Gasteiger partial charge in [0.1, 0.15) is 5.82 Å². The Labute approximate surface area is 405 Å². The Bertz CT molecular complexity index is 4040. The van der Waals surface area contributed by atoms with Crippen LogP contribution in [-0.2, 0) is 25.8 Å². The fraction of sp³-hybridized carbons (Fsp3) is 0.0164. The van der Waals surface area contributed by atoms with Crippen LogP contribution in [0.4, 0.5) is 17.2 Å². The Kier molecular flexibility index (Phi) is 9.20. The number of rotatable bonds is 6. The Hall–Kier alpha value is -8.34. The summed E-state index contributed by atoms with van der Waals surface area (Å²) in [6, 6.07) is 84.5. The number of hydrogen-bond acceptors (Lipinski definition) is 4. The third-order valence-electron chi connectivity index (χ3n) is 13.6. The predicted octanol–water partition coefficient (Wildman–Crippen LogP) is 14.8. The largest absolute Gasteiger partial charge is 2.00 e. The van der Waals surface area contributed by atoms with Gasteiger partial charge in [0.15, 0.2) is 0 Å². The molecule has 6 nitrogen and oxygen atoms in total. The summed E-state index contributed by atoms with van der Waals surface area (Å²) in [5, 5.41) is 5.40. The van der Waals surface area contributed by atoms with Crippen molar-refractivity contribution in [2.75, 3.05) is 4.90 Å². The van der Waals surface area contributed by atoms with Crippen molar-refractivity contribution >= 4 is 77.4 Å². The van der Waals surface area contributed by atoms with Gasteiger partial charge < -0.3 is 18.6 Å². The van der Waals surface area contributed by atoms with Gasteiger partial charge >= 0.3 is 20.4 Å². The molecule has 0 spiro atoms. The number of hydrogen-bond donors (Lipinski definition) is 0. The first kappa shape index (κ1) is 40.0. The van der Waals surface area contributed by atoms with Gasteiger partial charge in [-0.05, 0) is 76.7 Å². The van der Waals surface area contributed by atoms with Gasteiger partial charge in [-0.2, -0.15) is 6.07 Å². The van der Waals surface area contributed by atoms with Crippen LogP contribution >= 0.6 is 0 Å². The maximum absolute atomic E-state index is 6.92. The van der Waals surface area contributed by atoms with E-state index in [2.05, 4.69) is 214 Å². The number of nitrogens with zero attached hydrogens (tertiary/aromatic N) is 5. The van der Waals surface area contributed by atoms with E-state index in [1.807, 2.05) is 36.5 Å². The molecule has 0 bridgehead atoms. The van der Waals surface area contributed by atoms with Crippen molar-refractivity contribution in [3.05, 3.63) is 259 Å². The molecule has 7 heteroatoms. The van der Waals surface area contributed by atoms with E-state index in [0.29, 0.717) is 11.5 Å². The molecule has 0 fully saturated rings. The molecule has 5 heterocycles. The van der Waals surface area contributed by atoms with Crippen molar-refractivity contribution in [3.63, 3.8) is 0 Å². The molecule has 0 radical (unpaired) electrons. The zero-order chi connectivity index (χ0) is 44.1. The molecule has 0 amide bonds. The molecular weight excluding hydrogens is 925 g/mol. The van der Waals surface area contributed by atoms with Crippen LogP contribution in [0.25, 0.3) is 65.8 Å². The Morgan fingerprint density at radius 1 is 0.485 bits per heavy atom. The summed E-state index contributed by atoms with van der Waals surface area (Å²) in [7, 11) is 0. The van der Waals surface area contributed by atoms with E-state index >= 15 is 0 Å². The van der Waals surface area contributed by atoms with E-state index in [0.717, 1.165) is 94.5 Å². The number of fused-ring (bicyclic) bond motifs is 14. The summed E-state index contributed by atoms with van der Waals surface area (Å²) >= 11 is 0. The Morgan fingerprint density at radius 2 is 1.13 bits per heavy atom. The van der Waals surface area contributed by atoms with Crippen LogP contribution in [0.15, 0.2) is 225 Å². The average Bonchev–Trinajstić information content (AvgIpc) is 3.96. The number of aromatic nitrogens is 4. The number of benzene rings is 9. The van der Waals surface area contributed by atoms with Gasteiger partial charge in [0.05, 0.1) is 27.7 Å². The minimum Gasteiger partial charge on any atom is -0.503 e. The van der Waals surface area contributed by atoms with Gasteiger partial charge in [0.25, 0.3) is 0 Å². The first-order valence-corrected chi connectivity index (χ1v) is 22.6. The van der Waals surface area contributed by atoms with Gasteiger partial charge in [-0.3, -0.25) is 4.98 Å². The maximum atomic E-state index is 6.92. The molecule has 1 aliphatic rings. The molecule has 0 aliphatic carbocycles. The average molecular weight is 962 g/mol. The molecule has 4 aromatic heterocycles. The molecule has 322 valence electrons. The SMILES string of the molecule is [Pd+2].[c-]1c(Oc2[c-]c3c(cc2)c2ccc4c(c5ccccc5n4-c4ccccc4)c2n2c4ccccc4nc32)ccc2c1N(c1ccccn1)c1ccccc1C2(c1ccccc1)c1ccccc1. The molecule has 0 N–H and O–H groups in total. The van der Waals surface area contributed by atoms with Crippen LogP contribution in [-0.4, -0.2) is 18.9 Å². The van der Waals surface area contributed by atoms with Crippen LogP contribution in [0.2, 0.25) is 0 Å². The fourth-order valence-electron chi connectivity index (χ4n) is 11.0. The summed E-state index contributed by atoms with van der Waals surface area (Å²) in [5.74, 6) is 1.92. The van der Waals surface area contributed by atoms with E-state index in [1.54, 1.807) is 0 Å². The summed E-state index contributed by atoms with van der Waals surface area (Å²) in [4.78, 5) is 12.5. The molecule has 13 aromatic rings. The number of para-hydroxylation sites is 5. The minimum atomic E-state index is -0.669. The van der Waals surface area contributed by atoms with E-state index in [9.17, 15) is 0 Å². The quantitative estimate of drug-likeness (QED) is 0.0946. The number of ether oxygens (including phenoxy) is 1. The smallest absolute Gasteiger partial charge is 0.503 e. The molecule has 14 rings (SSSR count). The molecule has 0 unspecified atom stereocenters. The van der Waals surface area contributed by atoms with E-state index in [4.69, 9.17) is 14.7 Å². The third kappa shape index (κ3) is 5.74.